The van der Waals surface area contributed by atoms with E-state index in [-0.39, 0.29) is 23.4 Å². The second-order valence-corrected chi connectivity index (χ2v) is 4.85. The highest BCUT2D eigenvalue weighted by Gasteiger charge is 2.24. The van der Waals surface area contributed by atoms with Crippen LogP contribution < -0.4 is 4.90 Å². The number of aliphatic hydroxyl groups is 1. The van der Waals surface area contributed by atoms with Crippen LogP contribution in [0.15, 0.2) is 6.20 Å². The zero-order valence-electron chi connectivity index (χ0n) is 10.9. The Bertz CT molecular complexity index is 487. The maximum Gasteiger partial charge on any atom is 0.329 e. The molecule has 9 heteroatoms. The fourth-order valence-corrected chi connectivity index (χ4v) is 2.38. The van der Waals surface area contributed by atoms with Crippen LogP contribution in [0.3, 0.4) is 0 Å². The molecule has 1 aliphatic rings. The summed E-state index contributed by atoms with van der Waals surface area (Å²) in [4.78, 5) is 22.2. The molecule has 1 aliphatic heterocycles. The van der Waals surface area contributed by atoms with Crippen molar-refractivity contribution in [3.63, 3.8) is 0 Å². The van der Waals surface area contributed by atoms with E-state index in [9.17, 15) is 10.1 Å². The lowest BCUT2D eigenvalue weighted by molar-refractivity contribution is -0.384. The number of nitro groups is 1. The van der Waals surface area contributed by atoms with E-state index in [0.29, 0.717) is 19.6 Å². The first-order valence-electron chi connectivity index (χ1n) is 6.37. The minimum Gasteiger partial charge on any atom is -0.395 e. The Labute approximate surface area is 121 Å². The van der Waals surface area contributed by atoms with Gasteiger partial charge in [-0.05, 0) is 24.6 Å². The number of aliphatic hydroxyl groups excluding tert-OH is 1. The summed E-state index contributed by atoms with van der Waals surface area (Å²) in [5, 5.41) is 20.0. The molecule has 1 N–H and O–H groups in total. The average Bonchev–Trinajstić information content (AvgIpc) is 2.64. The Morgan fingerprint density at radius 2 is 2.20 bits per heavy atom. The fraction of sp³-hybridized carbons (Fsp3) is 0.636. The molecule has 0 spiro atoms. The van der Waals surface area contributed by atoms with E-state index in [4.69, 9.17) is 16.7 Å². The zero-order chi connectivity index (χ0) is 14.5. The van der Waals surface area contributed by atoms with Crippen molar-refractivity contribution < 1.29 is 10.0 Å². The van der Waals surface area contributed by atoms with Crippen LogP contribution in [0.25, 0.3) is 0 Å². The summed E-state index contributed by atoms with van der Waals surface area (Å²) >= 11 is 5.74. The van der Waals surface area contributed by atoms with Crippen LogP contribution in [0.5, 0.6) is 0 Å². The predicted octanol–water partition coefficient (Wildman–Crippen LogP) is 0.543. The van der Waals surface area contributed by atoms with Gasteiger partial charge in [-0.15, -0.1) is 0 Å². The number of halogens is 1. The summed E-state index contributed by atoms with van der Waals surface area (Å²) in [6.07, 6.45) is 1.99. The molecule has 0 radical (unpaired) electrons. The molecule has 0 aromatic carbocycles. The van der Waals surface area contributed by atoms with Gasteiger partial charge in [0.1, 0.15) is 6.20 Å². The van der Waals surface area contributed by atoms with E-state index >= 15 is 0 Å². The van der Waals surface area contributed by atoms with Crippen LogP contribution in [0.2, 0.25) is 5.28 Å². The van der Waals surface area contributed by atoms with E-state index in [0.717, 1.165) is 25.7 Å². The van der Waals surface area contributed by atoms with Gasteiger partial charge in [-0.3, -0.25) is 15.0 Å². The first-order chi connectivity index (χ1) is 9.61. The summed E-state index contributed by atoms with van der Waals surface area (Å²) in [6.45, 7) is 3.56. The molecule has 0 unspecified atom stereocenters. The highest BCUT2D eigenvalue weighted by atomic mass is 35.5. The second-order valence-electron chi connectivity index (χ2n) is 4.51. The van der Waals surface area contributed by atoms with Crippen LogP contribution in [-0.4, -0.2) is 64.2 Å². The first-order valence-corrected chi connectivity index (χ1v) is 6.74. The van der Waals surface area contributed by atoms with Crippen molar-refractivity contribution in [2.75, 3.05) is 44.2 Å². The molecular formula is C11H16ClN5O3. The maximum absolute atomic E-state index is 11.0. The van der Waals surface area contributed by atoms with Gasteiger partial charge in [-0.2, -0.15) is 4.98 Å². The van der Waals surface area contributed by atoms with Gasteiger partial charge in [0.25, 0.3) is 0 Å². The molecule has 8 nitrogen and oxygen atoms in total. The van der Waals surface area contributed by atoms with Gasteiger partial charge in [-0.25, -0.2) is 4.98 Å². The van der Waals surface area contributed by atoms with Crippen molar-refractivity contribution in [3.8, 4) is 0 Å². The third-order valence-corrected chi connectivity index (χ3v) is 3.40. The monoisotopic (exact) mass is 301 g/mol. The highest BCUT2D eigenvalue weighted by Crippen LogP contribution is 2.26. The Hall–Kier alpha value is -1.51. The number of β-amino-alcohol motifs (C(OH)–C–C–N with tert-alkyl or cyclic N) is 1. The highest BCUT2D eigenvalue weighted by molar-refractivity contribution is 6.28. The largest absolute Gasteiger partial charge is 0.395 e. The van der Waals surface area contributed by atoms with Gasteiger partial charge in [-0.1, -0.05) is 0 Å². The minimum absolute atomic E-state index is 0.00191. The molecule has 20 heavy (non-hydrogen) atoms. The topological polar surface area (TPSA) is 95.6 Å². The molecule has 1 fully saturated rings. The first kappa shape index (κ1) is 14.9. The van der Waals surface area contributed by atoms with E-state index < -0.39 is 4.92 Å². The van der Waals surface area contributed by atoms with Crippen LogP contribution in [0.4, 0.5) is 11.5 Å². The van der Waals surface area contributed by atoms with Crippen molar-refractivity contribution in [3.05, 3.63) is 21.6 Å². The zero-order valence-corrected chi connectivity index (χ0v) is 11.7. The van der Waals surface area contributed by atoms with Gasteiger partial charge in [0, 0.05) is 26.2 Å². The second kappa shape index (κ2) is 6.78. The quantitative estimate of drug-likeness (QED) is 0.492. The molecule has 2 heterocycles. The molecule has 0 bridgehead atoms. The SMILES string of the molecule is O=[N+]([O-])c1cnc(Cl)nc1N1CCCN(CCO)CC1. The number of rotatable bonds is 4. The van der Waals surface area contributed by atoms with Crippen LogP contribution in [-0.2, 0) is 0 Å². The minimum atomic E-state index is -0.498. The molecule has 2 rings (SSSR count). The summed E-state index contributed by atoms with van der Waals surface area (Å²) in [7, 11) is 0. The smallest absolute Gasteiger partial charge is 0.329 e. The molecular weight excluding hydrogens is 286 g/mol. The van der Waals surface area contributed by atoms with Crippen molar-refractivity contribution >= 4 is 23.1 Å². The maximum atomic E-state index is 11.0. The lowest BCUT2D eigenvalue weighted by Crippen LogP contribution is -2.33. The van der Waals surface area contributed by atoms with Crippen molar-refractivity contribution in [2.45, 2.75) is 6.42 Å². The van der Waals surface area contributed by atoms with Gasteiger partial charge in [0.05, 0.1) is 11.5 Å². The Balaban J connectivity index is 2.18. The number of anilines is 1. The molecule has 0 amide bonds. The normalized spacial score (nSPS) is 17.0. The Morgan fingerprint density at radius 3 is 2.90 bits per heavy atom. The van der Waals surface area contributed by atoms with E-state index in [2.05, 4.69) is 14.9 Å². The summed E-state index contributed by atoms with van der Waals surface area (Å²) in [5.41, 5.74) is -0.134. The van der Waals surface area contributed by atoms with Crippen LogP contribution >= 0.6 is 11.6 Å². The third kappa shape index (κ3) is 3.53. The lowest BCUT2D eigenvalue weighted by atomic mass is 10.3. The molecule has 0 aliphatic carbocycles. The Kier molecular flexibility index (Phi) is 5.05. The number of hydrogen-bond acceptors (Lipinski definition) is 7. The van der Waals surface area contributed by atoms with E-state index in [1.165, 1.54) is 0 Å². The standard InChI is InChI=1S/C11H16ClN5O3/c12-11-13-8-9(17(19)20)10(14-11)16-3-1-2-15(4-5-16)6-7-18/h8,18H,1-7H2. The molecule has 1 aromatic rings. The molecule has 1 aromatic heterocycles. The number of aromatic nitrogens is 2. The van der Waals surface area contributed by atoms with Gasteiger partial charge in [0.15, 0.2) is 0 Å². The van der Waals surface area contributed by atoms with Crippen molar-refractivity contribution in [1.29, 1.82) is 0 Å². The van der Waals surface area contributed by atoms with Gasteiger partial charge >= 0.3 is 5.69 Å². The number of hydrogen-bond donors (Lipinski definition) is 1. The van der Waals surface area contributed by atoms with E-state index in [1.807, 2.05) is 4.90 Å². The Morgan fingerprint density at radius 1 is 1.40 bits per heavy atom. The van der Waals surface area contributed by atoms with Gasteiger partial charge < -0.3 is 10.0 Å². The molecule has 0 saturated carbocycles. The summed E-state index contributed by atoms with van der Waals surface area (Å²) in [6, 6.07) is 0. The van der Waals surface area contributed by atoms with Gasteiger partial charge in [0.2, 0.25) is 11.1 Å². The lowest BCUT2D eigenvalue weighted by Gasteiger charge is -2.21. The molecule has 110 valence electrons. The van der Waals surface area contributed by atoms with Crippen LogP contribution in [0.1, 0.15) is 6.42 Å². The van der Waals surface area contributed by atoms with Crippen molar-refractivity contribution in [2.24, 2.45) is 0 Å². The third-order valence-electron chi connectivity index (χ3n) is 3.22. The van der Waals surface area contributed by atoms with Crippen molar-refractivity contribution in [1.82, 2.24) is 14.9 Å². The molecule has 0 atom stereocenters. The average molecular weight is 302 g/mol. The summed E-state index contributed by atoms with van der Waals surface area (Å²) < 4.78 is 0. The van der Waals surface area contributed by atoms with Crippen LogP contribution in [0, 0.1) is 10.1 Å². The van der Waals surface area contributed by atoms with E-state index in [1.54, 1.807) is 0 Å². The number of nitrogens with zero attached hydrogens (tertiary/aromatic N) is 5. The predicted molar refractivity (Wildman–Crippen MR) is 74.1 cm³/mol. The fourth-order valence-electron chi connectivity index (χ4n) is 2.25. The summed E-state index contributed by atoms with van der Waals surface area (Å²) in [5.74, 6) is 0.265. The molecule has 1 saturated heterocycles.